The van der Waals surface area contributed by atoms with Gasteiger partial charge >= 0.3 is 0 Å². The SMILES string of the molecule is CC(=O)NCC1CCCCN1c1cnc(NC(=O)C2CCN(C#N)C2)s1.CN(c1ccccc1)c1cnc(NC(=O)C2CCN(C#N)C2)s1. The molecule has 0 bridgehead atoms. The molecule has 6 rings (SSSR count). The van der Waals surface area contributed by atoms with E-state index < -0.39 is 0 Å². The molecule has 3 unspecified atom stereocenters. The molecule has 0 saturated carbocycles. The van der Waals surface area contributed by atoms with Crippen molar-refractivity contribution in [1.82, 2.24) is 25.1 Å². The number of aromatic nitrogens is 2. The number of rotatable bonds is 9. The van der Waals surface area contributed by atoms with E-state index >= 15 is 0 Å². The largest absolute Gasteiger partial charge is 0.357 e. The van der Waals surface area contributed by atoms with Crippen molar-refractivity contribution in [2.75, 3.05) is 66.7 Å². The number of hydrogen-bond acceptors (Lipinski definition) is 13. The monoisotopic (exact) mass is 703 g/mol. The van der Waals surface area contributed by atoms with Crippen LogP contribution in [0.25, 0.3) is 0 Å². The number of anilines is 5. The Labute approximate surface area is 294 Å². The topological polar surface area (TPSA) is 174 Å². The van der Waals surface area contributed by atoms with Crippen LogP contribution < -0.4 is 25.8 Å². The van der Waals surface area contributed by atoms with Crippen LogP contribution in [0.15, 0.2) is 42.7 Å². The van der Waals surface area contributed by atoms with Crippen molar-refractivity contribution in [1.29, 1.82) is 10.5 Å². The standard InChI is InChI=1S/C17H24N6O2S.C16H17N5OS/c1-12(24)19-8-14-4-2-3-6-23(14)15-9-20-17(26-15)21-16(25)13-5-7-22(10-13)11-18;1-20(13-5-3-2-4-6-13)14-9-18-16(23-14)19-15(22)12-7-8-21(10-12)11-17/h9,13-14H,2-8,10H2,1H3,(H,19,24)(H,20,21,25);2-6,9,12H,7-8,10H2,1H3,(H,18,19,22). The molecule has 14 nitrogen and oxygen atoms in total. The molecule has 3 fully saturated rings. The van der Waals surface area contributed by atoms with Crippen LogP contribution in [-0.2, 0) is 14.4 Å². The third-order valence-corrected chi connectivity index (χ3v) is 10.8. The molecule has 5 heterocycles. The van der Waals surface area contributed by atoms with Gasteiger partial charge in [-0.1, -0.05) is 40.9 Å². The highest BCUT2D eigenvalue weighted by molar-refractivity contribution is 7.20. The highest BCUT2D eigenvalue weighted by Crippen LogP contribution is 2.33. The number of nitriles is 2. The summed E-state index contributed by atoms with van der Waals surface area (Å²) in [6.45, 7) is 5.34. The van der Waals surface area contributed by atoms with Gasteiger partial charge in [-0.25, -0.2) is 9.97 Å². The molecule has 3 aromatic rings. The molecule has 16 heteroatoms. The van der Waals surface area contributed by atoms with Gasteiger partial charge in [0.1, 0.15) is 10.0 Å². The van der Waals surface area contributed by atoms with Gasteiger partial charge < -0.3 is 35.6 Å². The molecule has 3 amide bonds. The zero-order valence-corrected chi connectivity index (χ0v) is 29.3. The number of benzene rings is 1. The number of likely N-dealkylation sites (tertiary alicyclic amines) is 2. The number of piperidine rings is 1. The Morgan fingerprint density at radius 3 is 2.08 bits per heavy atom. The smallest absolute Gasteiger partial charge is 0.231 e. The molecule has 2 aromatic heterocycles. The summed E-state index contributed by atoms with van der Waals surface area (Å²) in [5.74, 6) is -0.461. The van der Waals surface area contributed by atoms with E-state index in [1.807, 2.05) is 42.3 Å². The molecule has 3 atom stereocenters. The van der Waals surface area contributed by atoms with Crippen molar-refractivity contribution in [3.05, 3.63) is 42.7 Å². The number of thiazole rings is 2. The fraction of sp³-hybridized carbons (Fsp3) is 0.485. The van der Waals surface area contributed by atoms with Crippen molar-refractivity contribution in [3.63, 3.8) is 0 Å². The quantitative estimate of drug-likeness (QED) is 0.275. The Bertz CT molecular complexity index is 1670. The number of nitrogens with one attached hydrogen (secondary N) is 3. The van der Waals surface area contributed by atoms with Gasteiger partial charge in [-0.2, -0.15) is 10.5 Å². The van der Waals surface area contributed by atoms with E-state index in [4.69, 9.17) is 10.5 Å². The number of amides is 3. The lowest BCUT2D eigenvalue weighted by Gasteiger charge is -2.36. The van der Waals surface area contributed by atoms with Gasteiger partial charge in [0.15, 0.2) is 22.6 Å². The van der Waals surface area contributed by atoms with Gasteiger partial charge in [0.05, 0.1) is 24.2 Å². The first-order valence-electron chi connectivity index (χ1n) is 16.4. The van der Waals surface area contributed by atoms with Gasteiger partial charge in [0.2, 0.25) is 17.7 Å². The molecule has 258 valence electrons. The second kappa shape index (κ2) is 16.9. The second-order valence-electron chi connectivity index (χ2n) is 12.2. The van der Waals surface area contributed by atoms with E-state index in [0.29, 0.717) is 55.8 Å². The van der Waals surface area contributed by atoms with Crippen LogP contribution in [0.3, 0.4) is 0 Å². The highest BCUT2D eigenvalue weighted by Gasteiger charge is 2.30. The molecule has 49 heavy (non-hydrogen) atoms. The molecule has 3 aliphatic heterocycles. The van der Waals surface area contributed by atoms with Crippen LogP contribution in [0, 0.1) is 34.7 Å². The van der Waals surface area contributed by atoms with Crippen molar-refractivity contribution in [2.24, 2.45) is 11.8 Å². The summed E-state index contributed by atoms with van der Waals surface area (Å²) in [5.41, 5.74) is 1.06. The first-order chi connectivity index (χ1) is 23.7. The number of nitrogens with zero attached hydrogens (tertiary/aromatic N) is 8. The molecular weight excluding hydrogens is 663 g/mol. The maximum atomic E-state index is 12.4. The number of carbonyl (C=O) groups is 3. The third-order valence-electron chi connectivity index (χ3n) is 8.82. The van der Waals surface area contributed by atoms with Gasteiger partial charge in [-0.05, 0) is 44.2 Å². The van der Waals surface area contributed by atoms with E-state index in [1.54, 1.807) is 22.2 Å². The van der Waals surface area contributed by atoms with Gasteiger partial charge in [0.25, 0.3) is 0 Å². The average molecular weight is 704 g/mol. The normalized spacial score (nSPS) is 20.0. The third kappa shape index (κ3) is 9.58. The first-order valence-corrected chi connectivity index (χ1v) is 18.0. The van der Waals surface area contributed by atoms with Gasteiger partial charge in [-0.3, -0.25) is 14.4 Å². The predicted octanol–water partition coefficient (Wildman–Crippen LogP) is 4.03. The molecule has 0 radical (unpaired) electrons. The van der Waals surface area contributed by atoms with E-state index in [0.717, 1.165) is 41.5 Å². The van der Waals surface area contributed by atoms with Crippen LogP contribution in [0.5, 0.6) is 0 Å². The molecule has 0 aliphatic carbocycles. The molecule has 3 saturated heterocycles. The van der Waals surface area contributed by atoms with Crippen LogP contribution in [0.4, 0.5) is 26.0 Å². The minimum absolute atomic E-state index is 0.0178. The maximum absolute atomic E-state index is 12.4. The zero-order chi connectivity index (χ0) is 34.8. The molecular formula is C33H41N11O3S2. The minimum Gasteiger partial charge on any atom is -0.357 e. The fourth-order valence-corrected chi connectivity index (χ4v) is 7.74. The van der Waals surface area contributed by atoms with E-state index in [2.05, 4.69) is 43.2 Å². The lowest BCUT2D eigenvalue weighted by Crippen LogP contribution is -2.46. The average Bonchev–Trinajstić information content (AvgIpc) is 3.95. The lowest BCUT2D eigenvalue weighted by molar-refractivity contribution is -0.120. The Morgan fingerprint density at radius 1 is 0.878 bits per heavy atom. The van der Waals surface area contributed by atoms with Crippen LogP contribution in [-0.4, -0.2) is 89.8 Å². The van der Waals surface area contributed by atoms with E-state index in [-0.39, 0.29) is 35.6 Å². The molecule has 3 aliphatic rings. The molecule has 0 spiro atoms. The Balaban J connectivity index is 0.000000192. The van der Waals surface area contributed by atoms with Gasteiger partial charge in [-0.15, -0.1) is 0 Å². The lowest BCUT2D eigenvalue weighted by atomic mass is 10.0. The van der Waals surface area contributed by atoms with Crippen molar-refractivity contribution in [3.8, 4) is 12.4 Å². The minimum atomic E-state index is -0.162. The van der Waals surface area contributed by atoms with Crippen LogP contribution >= 0.6 is 22.7 Å². The summed E-state index contributed by atoms with van der Waals surface area (Å²) in [6.07, 6.45) is 12.4. The molecule has 1 aromatic carbocycles. The van der Waals surface area contributed by atoms with Gasteiger partial charge in [0, 0.05) is 65.0 Å². The second-order valence-corrected chi connectivity index (χ2v) is 14.2. The van der Waals surface area contributed by atoms with E-state index in [1.165, 1.54) is 29.6 Å². The summed E-state index contributed by atoms with van der Waals surface area (Å²) in [4.78, 5) is 52.0. The predicted molar refractivity (Wildman–Crippen MR) is 190 cm³/mol. The van der Waals surface area contributed by atoms with Crippen molar-refractivity contribution < 1.29 is 14.4 Å². The Kier molecular flexibility index (Phi) is 12.2. The first kappa shape index (κ1) is 35.4. The zero-order valence-electron chi connectivity index (χ0n) is 27.7. The Morgan fingerprint density at radius 2 is 1.49 bits per heavy atom. The highest BCUT2D eigenvalue weighted by atomic mass is 32.1. The summed E-state index contributed by atoms with van der Waals surface area (Å²) >= 11 is 2.90. The molecule has 3 N–H and O–H groups in total. The summed E-state index contributed by atoms with van der Waals surface area (Å²) in [7, 11) is 1.97. The van der Waals surface area contributed by atoms with Crippen LogP contribution in [0.2, 0.25) is 0 Å². The van der Waals surface area contributed by atoms with Crippen molar-refractivity contribution >= 4 is 66.3 Å². The van der Waals surface area contributed by atoms with Crippen LogP contribution in [0.1, 0.15) is 39.0 Å². The maximum Gasteiger partial charge on any atom is 0.231 e. The Hall–Kier alpha value is -4.93. The summed E-state index contributed by atoms with van der Waals surface area (Å²) < 4.78 is 0. The van der Waals surface area contributed by atoms with Crippen molar-refractivity contribution in [2.45, 2.75) is 45.1 Å². The summed E-state index contributed by atoms with van der Waals surface area (Å²) in [5, 5.41) is 29.6. The number of hydrogen-bond donors (Lipinski definition) is 3. The number of carbonyl (C=O) groups excluding carboxylic acids is 3. The van der Waals surface area contributed by atoms with E-state index in [9.17, 15) is 14.4 Å². The fourth-order valence-electron chi connectivity index (χ4n) is 6.02. The summed E-state index contributed by atoms with van der Waals surface area (Å²) in [6, 6.07) is 10.2. The number of para-hydroxylation sites is 1.